The van der Waals surface area contributed by atoms with Gasteiger partial charge in [0.15, 0.2) is 11.6 Å². The fourth-order valence-electron chi connectivity index (χ4n) is 1.70. The van der Waals surface area contributed by atoms with Crippen LogP contribution in [-0.4, -0.2) is 5.11 Å². The van der Waals surface area contributed by atoms with Gasteiger partial charge >= 0.3 is 0 Å². The predicted octanol–water partition coefficient (Wildman–Crippen LogP) is 3.61. The first-order chi connectivity index (χ1) is 6.47. The van der Waals surface area contributed by atoms with Crippen molar-refractivity contribution in [1.82, 2.24) is 0 Å². The summed E-state index contributed by atoms with van der Waals surface area (Å²) in [6.07, 6.45) is 2.10. The minimum atomic E-state index is -0.555. The van der Waals surface area contributed by atoms with Gasteiger partial charge in [-0.2, -0.15) is 0 Å². The third kappa shape index (κ3) is 2.25. The molecule has 0 aliphatic carbocycles. The fraction of sp³-hybridized carbons (Fsp3) is 0.500. The van der Waals surface area contributed by atoms with Crippen LogP contribution in [0, 0.1) is 5.82 Å². The van der Waals surface area contributed by atoms with Crippen molar-refractivity contribution < 1.29 is 9.50 Å². The molecule has 0 aromatic heterocycles. The first-order valence-corrected chi connectivity index (χ1v) is 4.96. The molecule has 0 atom stereocenters. The largest absolute Gasteiger partial charge is 0.505 e. The van der Waals surface area contributed by atoms with Crippen molar-refractivity contribution in [3.63, 3.8) is 0 Å². The van der Waals surface area contributed by atoms with Gasteiger partial charge in [0.25, 0.3) is 0 Å². The van der Waals surface area contributed by atoms with Gasteiger partial charge in [-0.1, -0.05) is 33.3 Å². The van der Waals surface area contributed by atoms with Gasteiger partial charge in [0.1, 0.15) is 0 Å². The maximum absolute atomic E-state index is 12.8. The molecule has 0 saturated heterocycles. The van der Waals surface area contributed by atoms with Crippen LogP contribution in [0.3, 0.4) is 0 Å². The molecule has 0 spiro atoms. The Morgan fingerprint density at radius 2 is 2.00 bits per heavy atom. The lowest BCUT2D eigenvalue weighted by Gasteiger charge is -2.24. The zero-order chi connectivity index (χ0) is 10.8. The smallest absolute Gasteiger partial charge is 0.164 e. The highest BCUT2D eigenvalue weighted by atomic mass is 19.1. The highest BCUT2D eigenvalue weighted by molar-refractivity contribution is 5.33. The molecule has 2 heteroatoms. The fourth-order valence-corrected chi connectivity index (χ4v) is 1.70. The summed E-state index contributed by atoms with van der Waals surface area (Å²) in [7, 11) is 0. The van der Waals surface area contributed by atoms with Gasteiger partial charge in [0.05, 0.1) is 0 Å². The van der Waals surface area contributed by atoms with E-state index in [1.54, 1.807) is 6.07 Å². The van der Waals surface area contributed by atoms with E-state index < -0.39 is 5.82 Å². The first-order valence-electron chi connectivity index (χ1n) is 4.96. The molecule has 1 nitrogen and oxygen atoms in total. The van der Waals surface area contributed by atoms with E-state index in [2.05, 4.69) is 20.8 Å². The summed E-state index contributed by atoms with van der Waals surface area (Å²) >= 11 is 0. The van der Waals surface area contributed by atoms with Crippen molar-refractivity contribution in [2.24, 2.45) is 0 Å². The standard InChI is InChI=1S/C12H17FO/c1-4-7-12(2,3)9-5-6-10(13)11(14)8-9/h5-6,8,14H,4,7H2,1-3H3. The molecule has 14 heavy (non-hydrogen) atoms. The molecule has 78 valence electrons. The highest BCUT2D eigenvalue weighted by Gasteiger charge is 2.20. The lowest BCUT2D eigenvalue weighted by atomic mass is 9.81. The topological polar surface area (TPSA) is 20.2 Å². The van der Waals surface area contributed by atoms with Crippen LogP contribution >= 0.6 is 0 Å². The zero-order valence-electron chi connectivity index (χ0n) is 8.97. The quantitative estimate of drug-likeness (QED) is 0.783. The number of hydrogen-bond acceptors (Lipinski definition) is 1. The maximum atomic E-state index is 12.8. The van der Waals surface area contributed by atoms with Crippen molar-refractivity contribution >= 4 is 0 Å². The first kappa shape index (κ1) is 11.0. The Morgan fingerprint density at radius 3 is 2.50 bits per heavy atom. The van der Waals surface area contributed by atoms with E-state index in [4.69, 9.17) is 0 Å². The number of phenolic OH excluding ortho intramolecular Hbond substituents is 1. The Labute approximate surface area is 84.6 Å². The molecule has 0 bridgehead atoms. The molecule has 0 saturated carbocycles. The van der Waals surface area contributed by atoms with Crippen LogP contribution in [0.25, 0.3) is 0 Å². The summed E-state index contributed by atoms with van der Waals surface area (Å²) < 4.78 is 12.8. The Bertz CT molecular complexity index is 318. The molecular formula is C12H17FO. The predicted molar refractivity (Wildman–Crippen MR) is 56.0 cm³/mol. The molecular weight excluding hydrogens is 179 g/mol. The molecule has 1 aromatic rings. The summed E-state index contributed by atoms with van der Waals surface area (Å²) in [5.41, 5.74) is 0.984. The van der Waals surface area contributed by atoms with Crippen LogP contribution in [0.15, 0.2) is 18.2 Å². The van der Waals surface area contributed by atoms with Gasteiger partial charge in [0, 0.05) is 0 Å². The summed E-state index contributed by atoms with van der Waals surface area (Å²) in [6.45, 7) is 6.32. The second-order valence-electron chi connectivity index (χ2n) is 4.30. The third-order valence-electron chi connectivity index (χ3n) is 2.60. The van der Waals surface area contributed by atoms with Gasteiger partial charge < -0.3 is 5.11 Å². The zero-order valence-corrected chi connectivity index (χ0v) is 8.97. The van der Waals surface area contributed by atoms with E-state index in [1.165, 1.54) is 12.1 Å². The minimum Gasteiger partial charge on any atom is -0.505 e. The van der Waals surface area contributed by atoms with Crippen LogP contribution in [-0.2, 0) is 5.41 Å². The van der Waals surface area contributed by atoms with E-state index in [-0.39, 0.29) is 11.2 Å². The lowest BCUT2D eigenvalue weighted by Crippen LogP contribution is -2.16. The molecule has 0 aliphatic heterocycles. The minimum absolute atomic E-state index is 0.0000694. The molecule has 1 N–H and O–H groups in total. The Morgan fingerprint density at radius 1 is 1.36 bits per heavy atom. The molecule has 0 amide bonds. The summed E-state index contributed by atoms with van der Waals surface area (Å²) in [5.74, 6) is -0.812. The van der Waals surface area contributed by atoms with Crippen LogP contribution in [0.1, 0.15) is 39.2 Å². The van der Waals surface area contributed by atoms with Crippen LogP contribution in [0.4, 0.5) is 4.39 Å². The van der Waals surface area contributed by atoms with Gasteiger partial charge in [0.2, 0.25) is 0 Å². The normalized spacial score (nSPS) is 11.7. The van der Waals surface area contributed by atoms with Gasteiger partial charge in [-0.25, -0.2) is 4.39 Å². The Kier molecular flexibility index (Phi) is 3.14. The molecule has 0 radical (unpaired) electrons. The maximum Gasteiger partial charge on any atom is 0.164 e. The summed E-state index contributed by atoms with van der Waals surface area (Å²) in [4.78, 5) is 0. The van der Waals surface area contributed by atoms with Crippen molar-refractivity contribution in [2.75, 3.05) is 0 Å². The second-order valence-corrected chi connectivity index (χ2v) is 4.30. The van der Waals surface area contributed by atoms with E-state index >= 15 is 0 Å². The van der Waals surface area contributed by atoms with Crippen molar-refractivity contribution in [3.05, 3.63) is 29.6 Å². The van der Waals surface area contributed by atoms with Crippen LogP contribution in [0.5, 0.6) is 5.75 Å². The number of benzene rings is 1. The number of hydrogen-bond donors (Lipinski definition) is 1. The molecule has 0 aliphatic rings. The number of rotatable bonds is 3. The second kappa shape index (κ2) is 3.99. The highest BCUT2D eigenvalue weighted by Crippen LogP contribution is 2.31. The van der Waals surface area contributed by atoms with Gasteiger partial charge in [-0.15, -0.1) is 0 Å². The van der Waals surface area contributed by atoms with Crippen molar-refractivity contribution in [1.29, 1.82) is 0 Å². The van der Waals surface area contributed by atoms with Crippen molar-refractivity contribution in [3.8, 4) is 5.75 Å². The molecule has 0 unspecified atom stereocenters. The summed E-state index contributed by atoms with van der Waals surface area (Å²) in [5, 5.41) is 9.26. The van der Waals surface area contributed by atoms with Crippen LogP contribution < -0.4 is 0 Å². The summed E-state index contributed by atoms with van der Waals surface area (Å²) in [6, 6.07) is 4.58. The average molecular weight is 196 g/mol. The Hall–Kier alpha value is -1.05. The molecule has 1 rings (SSSR count). The van der Waals surface area contributed by atoms with E-state index in [1.807, 2.05) is 0 Å². The number of halogens is 1. The van der Waals surface area contributed by atoms with E-state index in [0.29, 0.717) is 0 Å². The SMILES string of the molecule is CCCC(C)(C)c1ccc(F)c(O)c1. The molecule has 0 fully saturated rings. The van der Waals surface area contributed by atoms with Crippen molar-refractivity contribution in [2.45, 2.75) is 39.0 Å². The lowest BCUT2D eigenvalue weighted by molar-refractivity contribution is 0.423. The molecule has 1 aromatic carbocycles. The van der Waals surface area contributed by atoms with Gasteiger partial charge in [-0.05, 0) is 29.5 Å². The van der Waals surface area contributed by atoms with Gasteiger partial charge in [-0.3, -0.25) is 0 Å². The Balaban J connectivity index is 3.01. The third-order valence-corrected chi connectivity index (χ3v) is 2.60. The number of phenols is 1. The van der Waals surface area contributed by atoms with Crippen LogP contribution in [0.2, 0.25) is 0 Å². The monoisotopic (exact) mass is 196 g/mol. The molecule has 0 heterocycles. The van der Waals surface area contributed by atoms with E-state index in [9.17, 15) is 9.50 Å². The van der Waals surface area contributed by atoms with E-state index in [0.717, 1.165) is 18.4 Å². The average Bonchev–Trinajstić information content (AvgIpc) is 2.09. The number of aromatic hydroxyl groups is 1.